The van der Waals surface area contributed by atoms with E-state index in [1.807, 2.05) is 0 Å². The van der Waals surface area contributed by atoms with Crippen molar-refractivity contribution in [1.29, 1.82) is 5.26 Å². The van der Waals surface area contributed by atoms with Crippen LogP contribution in [-0.4, -0.2) is 59.0 Å². The van der Waals surface area contributed by atoms with Crippen molar-refractivity contribution in [2.75, 3.05) is 13.1 Å². The minimum Gasteiger partial charge on any atom is -0.478 e. The Hall–Kier alpha value is -3.62. The maximum absolute atomic E-state index is 13.5. The standard InChI is InChI=1S/C24H27N5O5S/c1-16-7-12-29(13-8-16)23(30)20(9-14-28-11-2-3-17(28)15-25)27-35(33,34)21-5-4-19(24(31)32)22-18(21)6-10-26-22/h2-6,10-11,16,20,26-27H,7-9,12-14H2,1H3,(H,31,32). The Labute approximate surface area is 203 Å². The van der Waals surface area contributed by atoms with Gasteiger partial charge in [-0.05, 0) is 55.5 Å². The van der Waals surface area contributed by atoms with Crippen molar-refractivity contribution in [3.63, 3.8) is 0 Å². The molecule has 184 valence electrons. The maximum atomic E-state index is 13.5. The van der Waals surface area contributed by atoms with Crippen LogP contribution in [0.5, 0.6) is 0 Å². The van der Waals surface area contributed by atoms with Crippen molar-refractivity contribution in [3.8, 4) is 6.07 Å². The number of likely N-dealkylation sites (tertiary alicyclic amines) is 1. The Morgan fingerprint density at radius 3 is 2.69 bits per heavy atom. The Kier molecular flexibility index (Phi) is 6.95. The predicted octanol–water partition coefficient (Wildman–Crippen LogP) is 2.53. The second-order valence-electron chi connectivity index (χ2n) is 8.85. The van der Waals surface area contributed by atoms with Gasteiger partial charge in [0.2, 0.25) is 15.9 Å². The number of rotatable bonds is 8. The van der Waals surface area contributed by atoms with Crippen LogP contribution in [0.2, 0.25) is 0 Å². The zero-order valence-corrected chi connectivity index (χ0v) is 20.1. The van der Waals surface area contributed by atoms with Gasteiger partial charge in [0, 0.05) is 37.4 Å². The highest BCUT2D eigenvalue weighted by molar-refractivity contribution is 7.89. The second kappa shape index (κ2) is 9.93. The average molecular weight is 498 g/mol. The third kappa shape index (κ3) is 5.08. The molecule has 0 aliphatic carbocycles. The molecule has 1 fully saturated rings. The summed E-state index contributed by atoms with van der Waals surface area (Å²) in [6, 6.07) is 8.38. The Balaban J connectivity index is 1.64. The minimum atomic E-state index is -4.18. The third-order valence-electron chi connectivity index (χ3n) is 6.50. The number of carbonyl (C=O) groups is 2. The molecule has 1 saturated heterocycles. The first-order valence-electron chi connectivity index (χ1n) is 11.4. The van der Waals surface area contributed by atoms with Crippen molar-refractivity contribution in [3.05, 3.63) is 54.0 Å². The highest BCUT2D eigenvalue weighted by Crippen LogP contribution is 2.26. The molecule has 3 heterocycles. The molecule has 0 radical (unpaired) electrons. The molecule has 3 N–H and O–H groups in total. The minimum absolute atomic E-state index is 0.0457. The van der Waals surface area contributed by atoms with E-state index in [0.29, 0.717) is 24.7 Å². The zero-order valence-electron chi connectivity index (χ0n) is 19.3. The Morgan fingerprint density at radius 2 is 2.00 bits per heavy atom. The monoisotopic (exact) mass is 497 g/mol. The number of piperidine rings is 1. The van der Waals surface area contributed by atoms with Crippen LogP contribution < -0.4 is 4.72 Å². The van der Waals surface area contributed by atoms with Gasteiger partial charge in [0.05, 0.1) is 16.0 Å². The molecule has 1 aliphatic rings. The number of nitriles is 1. The van der Waals surface area contributed by atoms with Crippen LogP contribution in [0.25, 0.3) is 10.9 Å². The normalized spacial score (nSPS) is 15.7. The van der Waals surface area contributed by atoms with E-state index in [4.69, 9.17) is 0 Å². The van der Waals surface area contributed by atoms with E-state index < -0.39 is 22.0 Å². The number of carboxylic acid groups (broad SMARTS) is 1. The topological polar surface area (TPSA) is 148 Å². The summed E-state index contributed by atoms with van der Waals surface area (Å²) < 4.78 is 31.2. The Bertz CT molecular complexity index is 1390. The van der Waals surface area contributed by atoms with Gasteiger partial charge in [0.25, 0.3) is 0 Å². The summed E-state index contributed by atoms with van der Waals surface area (Å²) in [5.74, 6) is -0.984. The second-order valence-corrected chi connectivity index (χ2v) is 10.5. The van der Waals surface area contributed by atoms with Gasteiger partial charge < -0.3 is 19.6 Å². The SMILES string of the molecule is CC1CCN(C(=O)C(CCn2cccc2C#N)NS(=O)(=O)c2ccc(C(=O)O)c3[nH]ccc23)CC1. The van der Waals surface area contributed by atoms with E-state index in [2.05, 4.69) is 22.7 Å². The van der Waals surface area contributed by atoms with Gasteiger partial charge in [-0.2, -0.15) is 9.98 Å². The lowest BCUT2D eigenvalue weighted by molar-refractivity contribution is -0.134. The number of hydrogen-bond donors (Lipinski definition) is 3. The van der Waals surface area contributed by atoms with Crippen LogP contribution >= 0.6 is 0 Å². The van der Waals surface area contributed by atoms with Crippen molar-refractivity contribution in [2.24, 2.45) is 5.92 Å². The van der Waals surface area contributed by atoms with Crippen LogP contribution in [0.15, 0.2) is 47.6 Å². The summed E-state index contributed by atoms with van der Waals surface area (Å²) in [6.45, 7) is 3.51. The van der Waals surface area contributed by atoms with Crippen LogP contribution in [0.4, 0.5) is 0 Å². The highest BCUT2D eigenvalue weighted by atomic mass is 32.2. The summed E-state index contributed by atoms with van der Waals surface area (Å²) in [6.07, 6.45) is 5.04. The fraction of sp³-hybridized carbons (Fsp3) is 0.375. The number of fused-ring (bicyclic) bond motifs is 1. The number of nitrogens with zero attached hydrogens (tertiary/aromatic N) is 3. The van der Waals surface area contributed by atoms with E-state index in [-0.39, 0.29) is 40.2 Å². The van der Waals surface area contributed by atoms with E-state index in [0.717, 1.165) is 12.8 Å². The molecule has 2 aromatic heterocycles. The van der Waals surface area contributed by atoms with E-state index in [9.17, 15) is 28.4 Å². The number of benzene rings is 1. The fourth-order valence-corrected chi connectivity index (χ4v) is 5.88. The molecule has 1 aliphatic heterocycles. The number of carbonyl (C=O) groups excluding carboxylic acids is 1. The van der Waals surface area contributed by atoms with Crippen molar-refractivity contribution in [1.82, 2.24) is 19.2 Å². The van der Waals surface area contributed by atoms with Gasteiger partial charge in [-0.15, -0.1) is 0 Å². The van der Waals surface area contributed by atoms with Gasteiger partial charge in [-0.25, -0.2) is 13.2 Å². The summed E-state index contributed by atoms with van der Waals surface area (Å²) in [7, 11) is -4.18. The first-order valence-corrected chi connectivity index (χ1v) is 12.9. The lowest BCUT2D eigenvalue weighted by atomic mass is 9.98. The largest absolute Gasteiger partial charge is 0.478 e. The van der Waals surface area contributed by atoms with Crippen molar-refractivity contribution in [2.45, 2.75) is 43.7 Å². The summed E-state index contributed by atoms with van der Waals surface area (Å²) >= 11 is 0. The number of carboxylic acids is 1. The molecule has 0 spiro atoms. The van der Waals surface area contributed by atoms with Gasteiger partial charge >= 0.3 is 5.97 Å². The van der Waals surface area contributed by atoms with Gasteiger partial charge in [-0.1, -0.05) is 6.92 Å². The summed E-state index contributed by atoms with van der Waals surface area (Å²) in [5.41, 5.74) is 0.569. The van der Waals surface area contributed by atoms with Gasteiger partial charge in [-0.3, -0.25) is 4.79 Å². The first-order chi connectivity index (χ1) is 16.7. The molecular formula is C24H27N5O5S. The van der Waals surface area contributed by atoms with E-state index in [1.54, 1.807) is 27.8 Å². The molecule has 3 aromatic rings. The molecular weight excluding hydrogens is 470 g/mol. The molecule has 1 aromatic carbocycles. The number of nitrogens with one attached hydrogen (secondary N) is 2. The molecule has 1 atom stereocenters. The lowest BCUT2D eigenvalue weighted by Gasteiger charge is -2.33. The number of H-pyrrole nitrogens is 1. The van der Waals surface area contributed by atoms with Crippen LogP contribution in [-0.2, 0) is 21.4 Å². The molecule has 1 amide bonds. The zero-order chi connectivity index (χ0) is 25.2. The third-order valence-corrected chi connectivity index (χ3v) is 8.03. The van der Waals surface area contributed by atoms with Crippen molar-refractivity contribution >= 4 is 32.8 Å². The molecule has 35 heavy (non-hydrogen) atoms. The number of aryl methyl sites for hydroxylation is 1. The van der Waals surface area contributed by atoms with Crippen LogP contribution in [0.3, 0.4) is 0 Å². The summed E-state index contributed by atoms with van der Waals surface area (Å²) in [5, 5.41) is 18.9. The van der Waals surface area contributed by atoms with E-state index >= 15 is 0 Å². The lowest BCUT2D eigenvalue weighted by Crippen LogP contribution is -2.50. The maximum Gasteiger partial charge on any atom is 0.337 e. The molecule has 1 unspecified atom stereocenters. The molecule has 11 heteroatoms. The first kappa shape index (κ1) is 24.5. The number of amides is 1. The number of sulfonamides is 1. The molecule has 0 bridgehead atoms. The number of hydrogen-bond acceptors (Lipinski definition) is 5. The summed E-state index contributed by atoms with van der Waals surface area (Å²) in [4.78, 5) is 29.3. The van der Waals surface area contributed by atoms with Crippen molar-refractivity contribution < 1.29 is 23.1 Å². The quantitative estimate of drug-likeness (QED) is 0.435. The average Bonchev–Trinajstić information content (AvgIpc) is 3.50. The fourth-order valence-electron chi connectivity index (χ4n) is 4.45. The van der Waals surface area contributed by atoms with Crippen LogP contribution in [0.1, 0.15) is 42.2 Å². The number of aromatic nitrogens is 2. The van der Waals surface area contributed by atoms with Gasteiger partial charge in [0.15, 0.2) is 0 Å². The molecule has 10 nitrogen and oxygen atoms in total. The predicted molar refractivity (Wildman–Crippen MR) is 128 cm³/mol. The molecule has 0 saturated carbocycles. The van der Waals surface area contributed by atoms with Gasteiger partial charge in [0.1, 0.15) is 17.8 Å². The van der Waals surface area contributed by atoms with E-state index in [1.165, 1.54) is 24.4 Å². The number of aromatic carboxylic acids is 1. The smallest absolute Gasteiger partial charge is 0.337 e. The molecule has 4 rings (SSSR count). The van der Waals surface area contributed by atoms with Crippen LogP contribution in [0, 0.1) is 17.2 Å². The highest BCUT2D eigenvalue weighted by Gasteiger charge is 2.32. The number of aromatic amines is 1. The Morgan fingerprint density at radius 1 is 1.26 bits per heavy atom.